The highest BCUT2D eigenvalue weighted by atomic mass is 32.3. The normalized spacial score (nSPS) is 20.0. The van der Waals surface area contributed by atoms with E-state index in [1.165, 1.54) is 0 Å². The Morgan fingerprint density at radius 1 is 1.50 bits per heavy atom. The van der Waals surface area contributed by atoms with E-state index in [2.05, 4.69) is 4.74 Å². The number of carboxylic acids is 1. The Kier molecular flexibility index (Phi) is 6.27. The first-order valence-corrected chi connectivity index (χ1v) is 8.29. The average Bonchev–Trinajstić information content (AvgIpc) is 2.68. The predicted molar refractivity (Wildman–Crippen MR) is 72.0 cm³/mol. The molecule has 1 saturated heterocycles. The van der Waals surface area contributed by atoms with Gasteiger partial charge in [0.05, 0.1) is 12.4 Å². The summed E-state index contributed by atoms with van der Waals surface area (Å²) in [5, 5.41) is 9.17. The van der Waals surface area contributed by atoms with Crippen molar-refractivity contribution < 1.29 is 36.5 Å². The molecule has 22 heavy (non-hydrogen) atoms. The molecular weight excluding hydrogens is 321 g/mol. The van der Waals surface area contributed by atoms with Gasteiger partial charge in [0.15, 0.2) is 0 Å². The van der Waals surface area contributed by atoms with Crippen LogP contribution in [-0.2, 0) is 29.3 Å². The SMILES string of the molecule is CCOC(=O)CC[C@@H](C(=O)O)N1CC(CS(=O)(=O)F)CC1=O. The molecule has 1 fully saturated rings. The van der Waals surface area contributed by atoms with Gasteiger partial charge in [0.2, 0.25) is 5.91 Å². The fourth-order valence-electron chi connectivity index (χ4n) is 2.40. The molecule has 1 unspecified atom stereocenters. The Bertz CT molecular complexity index is 548. The van der Waals surface area contributed by atoms with E-state index >= 15 is 0 Å². The molecule has 1 aliphatic heterocycles. The Balaban J connectivity index is 2.69. The van der Waals surface area contributed by atoms with Crippen molar-refractivity contribution in [3.63, 3.8) is 0 Å². The molecule has 1 aliphatic rings. The van der Waals surface area contributed by atoms with Crippen LogP contribution in [0.5, 0.6) is 0 Å². The summed E-state index contributed by atoms with van der Waals surface area (Å²) in [7, 11) is -4.73. The van der Waals surface area contributed by atoms with Crippen molar-refractivity contribution in [1.29, 1.82) is 0 Å². The molecule has 8 nitrogen and oxygen atoms in total. The number of ether oxygens (including phenoxy) is 1. The third kappa shape index (κ3) is 5.58. The lowest BCUT2D eigenvalue weighted by Crippen LogP contribution is -2.42. The van der Waals surface area contributed by atoms with Crippen molar-refractivity contribution in [2.24, 2.45) is 5.92 Å². The highest BCUT2D eigenvalue weighted by Crippen LogP contribution is 2.24. The number of hydrogen-bond donors (Lipinski definition) is 1. The van der Waals surface area contributed by atoms with Crippen molar-refractivity contribution in [3.8, 4) is 0 Å². The minimum Gasteiger partial charge on any atom is -0.480 e. The summed E-state index contributed by atoms with van der Waals surface area (Å²) in [6.45, 7) is 1.61. The van der Waals surface area contributed by atoms with E-state index in [1.54, 1.807) is 6.92 Å². The number of nitrogens with zero attached hydrogens (tertiary/aromatic N) is 1. The molecule has 1 heterocycles. The molecule has 2 atom stereocenters. The summed E-state index contributed by atoms with van der Waals surface area (Å²) >= 11 is 0. The summed E-state index contributed by atoms with van der Waals surface area (Å²) in [6, 6.07) is -1.26. The van der Waals surface area contributed by atoms with Gasteiger partial charge in [0.1, 0.15) is 6.04 Å². The Morgan fingerprint density at radius 2 is 2.14 bits per heavy atom. The van der Waals surface area contributed by atoms with Crippen LogP contribution in [-0.4, -0.2) is 61.2 Å². The van der Waals surface area contributed by atoms with Crippen molar-refractivity contribution in [3.05, 3.63) is 0 Å². The van der Waals surface area contributed by atoms with Crippen LogP contribution in [0.2, 0.25) is 0 Å². The van der Waals surface area contributed by atoms with Crippen LogP contribution in [0.25, 0.3) is 0 Å². The zero-order valence-corrected chi connectivity index (χ0v) is 12.8. The predicted octanol–water partition coefficient (Wildman–Crippen LogP) is -0.0693. The van der Waals surface area contributed by atoms with Gasteiger partial charge in [-0.15, -0.1) is 3.89 Å². The lowest BCUT2D eigenvalue weighted by molar-refractivity contribution is -0.150. The molecule has 0 spiro atoms. The number of halogens is 1. The molecule has 0 bridgehead atoms. The van der Waals surface area contributed by atoms with Crippen LogP contribution in [0.3, 0.4) is 0 Å². The molecule has 1 N–H and O–H groups in total. The van der Waals surface area contributed by atoms with Gasteiger partial charge in [0, 0.05) is 25.3 Å². The number of esters is 1. The molecule has 0 saturated carbocycles. The average molecular weight is 339 g/mol. The van der Waals surface area contributed by atoms with Crippen LogP contribution >= 0.6 is 0 Å². The first-order chi connectivity index (χ1) is 10.1. The number of aliphatic carboxylic acids is 1. The topological polar surface area (TPSA) is 118 Å². The maximum atomic E-state index is 12.7. The van der Waals surface area contributed by atoms with Gasteiger partial charge < -0.3 is 14.7 Å². The van der Waals surface area contributed by atoms with E-state index in [-0.39, 0.29) is 32.4 Å². The highest BCUT2D eigenvalue weighted by molar-refractivity contribution is 7.86. The molecule has 1 amide bonds. The van der Waals surface area contributed by atoms with Crippen LogP contribution in [0.1, 0.15) is 26.2 Å². The van der Waals surface area contributed by atoms with Crippen LogP contribution < -0.4 is 0 Å². The second-order valence-corrected chi connectivity index (χ2v) is 6.43. The minimum atomic E-state index is -4.73. The second kappa shape index (κ2) is 7.52. The van der Waals surface area contributed by atoms with Crippen LogP contribution in [0, 0.1) is 5.92 Å². The van der Waals surface area contributed by atoms with Crippen LogP contribution in [0.4, 0.5) is 3.89 Å². The van der Waals surface area contributed by atoms with Crippen molar-refractivity contribution in [1.82, 2.24) is 4.90 Å². The summed E-state index contributed by atoms with van der Waals surface area (Å²) in [5.74, 6) is -4.05. The number of carbonyl (C=O) groups is 3. The molecule has 1 rings (SSSR count). The fraction of sp³-hybridized carbons (Fsp3) is 0.750. The van der Waals surface area contributed by atoms with E-state index in [0.29, 0.717) is 0 Å². The highest BCUT2D eigenvalue weighted by Gasteiger charge is 2.39. The third-order valence-electron chi connectivity index (χ3n) is 3.26. The van der Waals surface area contributed by atoms with Crippen molar-refractivity contribution in [2.45, 2.75) is 32.2 Å². The van der Waals surface area contributed by atoms with Gasteiger partial charge in [-0.05, 0) is 13.3 Å². The van der Waals surface area contributed by atoms with E-state index in [4.69, 9.17) is 0 Å². The Hall–Kier alpha value is -1.71. The molecular formula is C12H18FNO7S. The first kappa shape index (κ1) is 18.3. The smallest absolute Gasteiger partial charge is 0.326 e. The monoisotopic (exact) mass is 339 g/mol. The summed E-state index contributed by atoms with van der Waals surface area (Å²) < 4.78 is 38.6. The van der Waals surface area contributed by atoms with Crippen molar-refractivity contribution >= 4 is 28.1 Å². The van der Waals surface area contributed by atoms with Gasteiger partial charge in [-0.3, -0.25) is 9.59 Å². The van der Waals surface area contributed by atoms with Gasteiger partial charge in [-0.25, -0.2) is 4.79 Å². The molecule has 10 heteroatoms. The first-order valence-electron chi connectivity index (χ1n) is 6.74. The lowest BCUT2D eigenvalue weighted by Gasteiger charge is -2.24. The molecule has 0 aromatic heterocycles. The summed E-state index contributed by atoms with van der Waals surface area (Å²) in [4.78, 5) is 35.3. The molecule has 0 aromatic rings. The number of carbonyl (C=O) groups excluding carboxylic acids is 2. The Morgan fingerprint density at radius 3 is 2.64 bits per heavy atom. The zero-order chi connectivity index (χ0) is 16.9. The third-order valence-corrected chi connectivity index (χ3v) is 4.13. The standard InChI is InChI=1S/C12H18FNO7S/c1-2-21-11(16)4-3-9(12(17)18)14-6-8(5-10(14)15)7-22(13,19)20/h8-9H,2-7H2,1H3,(H,17,18)/t8?,9-/m0/s1. The molecule has 0 aliphatic carbocycles. The number of carboxylic acid groups (broad SMARTS) is 1. The van der Waals surface area contributed by atoms with E-state index < -0.39 is 45.8 Å². The number of amides is 1. The maximum absolute atomic E-state index is 12.7. The Labute approximate surface area is 127 Å². The van der Waals surface area contributed by atoms with E-state index in [1.807, 2.05) is 0 Å². The van der Waals surface area contributed by atoms with E-state index in [0.717, 1.165) is 4.90 Å². The maximum Gasteiger partial charge on any atom is 0.326 e. The largest absolute Gasteiger partial charge is 0.480 e. The van der Waals surface area contributed by atoms with Gasteiger partial charge in [-0.2, -0.15) is 8.42 Å². The van der Waals surface area contributed by atoms with Gasteiger partial charge in [-0.1, -0.05) is 0 Å². The zero-order valence-electron chi connectivity index (χ0n) is 12.0. The number of likely N-dealkylation sites (tertiary alicyclic amines) is 1. The lowest BCUT2D eigenvalue weighted by atomic mass is 10.1. The van der Waals surface area contributed by atoms with E-state index in [9.17, 15) is 31.8 Å². The quantitative estimate of drug-likeness (QED) is 0.486. The molecule has 126 valence electrons. The molecule has 0 aromatic carbocycles. The van der Waals surface area contributed by atoms with Crippen LogP contribution in [0.15, 0.2) is 0 Å². The van der Waals surface area contributed by atoms with Crippen molar-refractivity contribution in [2.75, 3.05) is 18.9 Å². The van der Waals surface area contributed by atoms with Gasteiger partial charge >= 0.3 is 22.2 Å². The van der Waals surface area contributed by atoms with Gasteiger partial charge in [0.25, 0.3) is 0 Å². The fourth-order valence-corrected chi connectivity index (χ4v) is 3.19. The second-order valence-electron chi connectivity index (χ2n) is 5.02. The molecule has 0 radical (unpaired) electrons. The number of hydrogen-bond acceptors (Lipinski definition) is 6. The summed E-state index contributed by atoms with van der Waals surface area (Å²) in [5.41, 5.74) is 0. The minimum absolute atomic E-state index is 0.144. The summed E-state index contributed by atoms with van der Waals surface area (Å²) in [6.07, 6.45) is -0.554. The number of rotatable bonds is 8.